The Morgan fingerprint density at radius 2 is 2.08 bits per heavy atom. The van der Waals surface area contributed by atoms with E-state index in [1.165, 1.54) is 6.92 Å². The molecule has 1 aromatic carbocycles. The van der Waals surface area contributed by atoms with Crippen LogP contribution < -0.4 is 0 Å². The molecule has 0 heterocycles. The molecule has 0 aliphatic heterocycles. The van der Waals surface area contributed by atoms with E-state index in [1.807, 2.05) is 0 Å². The Kier molecular flexibility index (Phi) is 2.60. The Bertz CT molecular complexity index is 348. The van der Waals surface area contributed by atoms with Crippen LogP contribution in [0.15, 0.2) is 12.1 Å². The summed E-state index contributed by atoms with van der Waals surface area (Å²) in [4.78, 5) is 10.6. The number of aromatic hydroxyl groups is 1. The van der Waals surface area contributed by atoms with Gasteiger partial charge in [0.2, 0.25) is 0 Å². The molecule has 13 heavy (non-hydrogen) atoms. The van der Waals surface area contributed by atoms with Crippen LogP contribution in [-0.2, 0) is 11.2 Å². The summed E-state index contributed by atoms with van der Waals surface area (Å²) in [5.41, 5.74) is 0.00593. The molecule has 0 fully saturated rings. The highest BCUT2D eigenvalue weighted by atomic mass is 19.1. The number of hydrogen-bond donors (Lipinski definition) is 1. The van der Waals surface area contributed by atoms with Gasteiger partial charge < -0.3 is 5.11 Å². The first-order valence-corrected chi connectivity index (χ1v) is 3.67. The summed E-state index contributed by atoms with van der Waals surface area (Å²) in [5, 5.41) is 8.84. The van der Waals surface area contributed by atoms with Crippen molar-refractivity contribution in [3.05, 3.63) is 29.3 Å². The molecule has 0 radical (unpaired) electrons. The standard InChI is InChI=1S/C9H8F2O2/c1-5(12)4-6-2-3-7(10)9(13)8(6)11/h2-3,13H,4H2,1H3. The molecule has 0 aromatic heterocycles. The molecule has 0 amide bonds. The van der Waals surface area contributed by atoms with Gasteiger partial charge in [-0.15, -0.1) is 0 Å². The molecule has 1 aromatic rings. The van der Waals surface area contributed by atoms with Gasteiger partial charge in [0, 0.05) is 6.42 Å². The number of phenols is 1. The minimum atomic E-state index is -1.06. The van der Waals surface area contributed by atoms with Gasteiger partial charge in [-0.1, -0.05) is 6.07 Å². The average Bonchev–Trinajstić information content (AvgIpc) is 2.06. The van der Waals surface area contributed by atoms with E-state index in [1.54, 1.807) is 0 Å². The van der Waals surface area contributed by atoms with Crippen molar-refractivity contribution in [3.63, 3.8) is 0 Å². The highest BCUT2D eigenvalue weighted by molar-refractivity contribution is 5.78. The van der Waals surface area contributed by atoms with Crippen molar-refractivity contribution in [2.45, 2.75) is 13.3 Å². The summed E-state index contributed by atoms with van der Waals surface area (Å²) >= 11 is 0. The van der Waals surface area contributed by atoms with E-state index in [0.717, 1.165) is 12.1 Å². The van der Waals surface area contributed by atoms with E-state index in [-0.39, 0.29) is 17.8 Å². The molecule has 0 atom stereocenters. The highest BCUT2D eigenvalue weighted by Gasteiger charge is 2.12. The Labute approximate surface area is 73.8 Å². The monoisotopic (exact) mass is 186 g/mol. The zero-order valence-electron chi connectivity index (χ0n) is 6.97. The number of Topliss-reactive ketones (excluding diaryl/α,β-unsaturated/α-hetero) is 1. The van der Waals surface area contributed by atoms with Crippen LogP contribution in [-0.4, -0.2) is 10.9 Å². The maximum absolute atomic E-state index is 13.0. The molecule has 1 N–H and O–H groups in total. The number of ketones is 1. The van der Waals surface area contributed by atoms with Crippen molar-refractivity contribution in [1.29, 1.82) is 0 Å². The first-order chi connectivity index (χ1) is 6.02. The largest absolute Gasteiger partial charge is 0.503 e. The molecular formula is C9H8F2O2. The minimum Gasteiger partial charge on any atom is -0.503 e. The number of halogens is 2. The third kappa shape index (κ3) is 2.02. The van der Waals surface area contributed by atoms with Crippen LogP contribution in [0.4, 0.5) is 8.78 Å². The lowest BCUT2D eigenvalue weighted by atomic mass is 10.1. The Morgan fingerprint density at radius 1 is 1.46 bits per heavy atom. The van der Waals surface area contributed by atoms with Gasteiger partial charge in [0.25, 0.3) is 0 Å². The van der Waals surface area contributed by atoms with E-state index < -0.39 is 17.4 Å². The lowest BCUT2D eigenvalue weighted by Gasteiger charge is -2.02. The van der Waals surface area contributed by atoms with Crippen molar-refractivity contribution >= 4 is 5.78 Å². The van der Waals surface area contributed by atoms with Gasteiger partial charge in [-0.2, -0.15) is 0 Å². The molecule has 4 heteroatoms. The maximum Gasteiger partial charge on any atom is 0.188 e. The molecule has 1 rings (SSSR count). The van der Waals surface area contributed by atoms with Gasteiger partial charge >= 0.3 is 0 Å². The van der Waals surface area contributed by atoms with Gasteiger partial charge in [-0.25, -0.2) is 8.78 Å². The van der Waals surface area contributed by atoms with Gasteiger partial charge in [0.05, 0.1) is 0 Å². The molecule has 0 aliphatic rings. The first-order valence-electron chi connectivity index (χ1n) is 3.67. The molecule has 0 aliphatic carbocycles. The van der Waals surface area contributed by atoms with Crippen molar-refractivity contribution in [1.82, 2.24) is 0 Å². The molecule has 0 saturated carbocycles. The van der Waals surface area contributed by atoms with Crippen molar-refractivity contribution < 1.29 is 18.7 Å². The molecule has 2 nitrogen and oxygen atoms in total. The Balaban J connectivity index is 3.10. The van der Waals surface area contributed by atoms with Crippen LogP contribution in [0, 0.1) is 11.6 Å². The summed E-state index contributed by atoms with van der Waals surface area (Å²) in [6.07, 6.45) is -0.139. The molecule has 70 valence electrons. The fraction of sp³-hybridized carbons (Fsp3) is 0.222. The van der Waals surface area contributed by atoms with Gasteiger partial charge in [-0.3, -0.25) is 4.79 Å². The summed E-state index contributed by atoms with van der Waals surface area (Å²) in [6, 6.07) is 2.07. The molecule has 0 bridgehead atoms. The Morgan fingerprint density at radius 3 is 2.62 bits per heavy atom. The smallest absolute Gasteiger partial charge is 0.188 e. The molecule has 0 unspecified atom stereocenters. The number of carbonyl (C=O) groups excluding carboxylic acids is 1. The lowest BCUT2D eigenvalue weighted by molar-refractivity contribution is -0.116. The van der Waals surface area contributed by atoms with Crippen LogP contribution in [0.3, 0.4) is 0 Å². The number of phenolic OH excluding ortho intramolecular Hbond substituents is 1. The highest BCUT2D eigenvalue weighted by Crippen LogP contribution is 2.23. The quantitative estimate of drug-likeness (QED) is 0.764. The topological polar surface area (TPSA) is 37.3 Å². The van der Waals surface area contributed by atoms with Crippen molar-refractivity contribution in [2.24, 2.45) is 0 Å². The predicted molar refractivity (Wildman–Crippen MR) is 42.4 cm³/mol. The maximum atomic E-state index is 13.0. The molecular weight excluding hydrogens is 178 g/mol. The van der Waals surface area contributed by atoms with Crippen molar-refractivity contribution in [2.75, 3.05) is 0 Å². The minimum absolute atomic E-state index is 0.00593. The van der Waals surface area contributed by atoms with Crippen LogP contribution in [0.1, 0.15) is 12.5 Å². The van der Waals surface area contributed by atoms with Crippen LogP contribution >= 0.6 is 0 Å². The fourth-order valence-corrected chi connectivity index (χ4v) is 0.988. The van der Waals surface area contributed by atoms with Gasteiger partial charge in [-0.05, 0) is 18.6 Å². The Hall–Kier alpha value is -1.45. The average molecular weight is 186 g/mol. The normalized spacial score (nSPS) is 10.1. The number of rotatable bonds is 2. The third-order valence-corrected chi connectivity index (χ3v) is 1.59. The second-order valence-electron chi connectivity index (χ2n) is 2.75. The van der Waals surface area contributed by atoms with Gasteiger partial charge in [0.1, 0.15) is 5.78 Å². The third-order valence-electron chi connectivity index (χ3n) is 1.59. The summed E-state index contributed by atoms with van der Waals surface area (Å²) in [6.45, 7) is 1.29. The van der Waals surface area contributed by atoms with Crippen molar-refractivity contribution in [3.8, 4) is 5.75 Å². The van der Waals surface area contributed by atoms with E-state index in [0.29, 0.717) is 0 Å². The second kappa shape index (κ2) is 3.51. The van der Waals surface area contributed by atoms with Gasteiger partial charge in [0.15, 0.2) is 17.4 Å². The fourth-order valence-electron chi connectivity index (χ4n) is 0.988. The molecule has 0 saturated heterocycles. The van der Waals surface area contributed by atoms with Crippen LogP contribution in [0.5, 0.6) is 5.75 Å². The van der Waals surface area contributed by atoms with E-state index in [4.69, 9.17) is 5.11 Å². The van der Waals surface area contributed by atoms with Crippen LogP contribution in [0.25, 0.3) is 0 Å². The van der Waals surface area contributed by atoms with E-state index in [9.17, 15) is 13.6 Å². The first kappa shape index (κ1) is 9.64. The number of hydrogen-bond acceptors (Lipinski definition) is 2. The van der Waals surface area contributed by atoms with E-state index in [2.05, 4.69) is 0 Å². The molecule has 0 spiro atoms. The second-order valence-corrected chi connectivity index (χ2v) is 2.75. The lowest BCUT2D eigenvalue weighted by Crippen LogP contribution is -2.00. The zero-order chi connectivity index (χ0) is 10.0. The summed E-state index contributed by atoms with van der Waals surface area (Å²) in [7, 11) is 0. The number of carbonyl (C=O) groups is 1. The summed E-state index contributed by atoms with van der Waals surface area (Å²) in [5.74, 6) is -3.36. The zero-order valence-corrected chi connectivity index (χ0v) is 6.97. The SMILES string of the molecule is CC(=O)Cc1ccc(F)c(O)c1F. The summed E-state index contributed by atoms with van der Waals surface area (Å²) < 4.78 is 25.5. The van der Waals surface area contributed by atoms with Crippen LogP contribution in [0.2, 0.25) is 0 Å². The number of benzene rings is 1. The van der Waals surface area contributed by atoms with E-state index >= 15 is 0 Å². The predicted octanol–water partition coefficient (Wildman–Crippen LogP) is 1.80.